The highest BCUT2D eigenvalue weighted by Crippen LogP contribution is 2.17. The van der Waals surface area contributed by atoms with Gasteiger partial charge in [0, 0.05) is 32.5 Å². The molecule has 0 radical (unpaired) electrons. The fraction of sp³-hybridized carbons (Fsp3) is 0.579. The average molecular weight is 316 g/mol. The first-order valence-electron chi connectivity index (χ1n) is 8.59. The number of likely N-dealkylation sites (tertiary alicyclic amines) is 1. The monoisotopic (exact) mass is 316 g/mol. The first-order valence-corrected chi connectivity index (χ1v) is 8.59. The van der Waals surface area contributed by atoms with Crippen molar-refractivity contribution >= 4 is 11.8 Å². The van der Waals surface area contributed by atoms with Crippen LogP contribution in [0.15, 0.2) is 24.3 Å². The number of carbonyl (C=O) groups excluding carboxylic acids is 2. The molecule has 1 fully saturated rings. The third-order valence-electron chi connectivity index (χ3n) is 4.67. The maximum Gasteiger partial charge on any atom is 0.223 e. The first kappa shape index (κ1) is 17.5. The van der Waals surface area contributed by atoms with Crippen LogP contribution in [0.5, 0.6) is 0 Å². The molecule has 2 rings (SSSR count). The highest BCUT2D eigenvalue weighted by molar-refractivity contribution is 5.79. The van der Waals surface area contributed by atoms with Crippen LogP contribution in [-0.2, 0) is 16.0 Å². The summed E-state index contributed by atoms with van der Waals surface area (Å²) in [6, 6.07) is 8.62. The largest absolute Gasteiger partial charge is 0.356 e. The van der Waals surface area contributed by atoms with Crippen molar-refractivity contribution in [2.45, 2.75) is 46.0 Å². The molecular weight excluding hydrogens is 288 g/mol. The molecule has 0 unspecified atom stereocenters. The number of hydrogen-bond acceptors (Lipinski definition) is 2. The Hall–Kier alpha value is -1.84. The van der Waals surface area contributed by atoms with Gasteiger partial charge in [-0.25, -0.2) is 0 Å². The molecule has 0 aromatic heterocycles. The van der Waals surface area contributed by atoms with Crippen molar-refractivity contribution in [2.24, 2.45) is 5.92 Å². The number of nitrogens with zero attached hydrogens (tertiary/aromatic N) is 1. The lowest BCUT2D eigenvalue weighted by atomic mass is 9.95. The molecule has 126 valence electrons. The zero-order chi connectivity index (χ0) is 16.8. The Balaban J connectivity index is 1.72. The Bertz CT molecular complexity index is 529. The summed E-state index contributed by atoms with van der Waals surface area (Å²) in [6.07, 6.45) is 2.40. The fourth-order valence-electron chi connectivity index (χ4n) is 3.00. The summed E-state index contributed by atoms with van der Waals surface area (Å²) >= 11 is 0. The number of piperidine rings is 1. The Kier molecular flexibility index (Phi) is 6.20. The zero-order valence-corrected chi connectivity index (χ0v) is 14.5. The number of amides is 2. The van der Waals surface area contributed by atoms with E-state index in [1.54, 1.807) is 6.92 Å². The van der Waals surface area contributed by atoms with Crippen molar-refractivity contribution in [2.75, 3.05) is 19.6 Å². The van der Waals surface area contributed by atoms with Gasteiger partial charge in [-0.2, -0.15) is 0 Å². The van der Waals surface area contributed by atoms with Gasteiger partial charge in [-0.15, -0.1) is 0 Å². The Morgan fingerprint density at radius 3 is 2.30 bits per heavy atom. The average Bonchev–Trinajstić information content (AvgIpc) is 2.55. The van der Waals surface area contributed by atoms with E-state index < -0.39 is 0 Å². The van der Waals surface area contributed by atoms with Gasteiger partial charge in [0.25, 0.3) is 0 Å². The molecule has 0 saturated carbocycles. The lowest BCUT2D eigenvalue weighted by molar-refractivity contribution is -0.133. The van der Waals surface area contributed by atoms with Crippen molar-refractivity contribution in [3.05, 3.63) is 35.4 Å². The SMILES string of the molecule is CC(=O)N1CCC(C(=O)NCCc2ccc(C(C)C)cc2)CC1. The van der Waals surface area contributed by atoms with Gasteiger partial charge >= 0.3 is 0 Å². The minimum absolute atomic E-state index is 0.0499. The molecule has 1 heterocycles. The lowest BCUT2D eigenvalue weighted by Crippen LogP contribution is -2.42. The highest BCUT2D eigenvalue weighted by atomic mass is 16.2. The predicted molar refractivity (Wildman–Crippen MR) is 92.2 cm³/mol. The van der Waals surface area contributed by atoms with Gasteiger partial charge < -0.3 is 10.2 Å². The van der Waals surface area contributed by atoms with Crippen LogP contribution in [0.4, 0.5) is 0 Å². The number of carbonyl (C=O) groups is 2. The van der Waals surface area contributed by atoms with Crippen molar-refractivity contribution < 1.29 is 9.59 Å². The molecule has 2 amide bonds. The molecule has 1 saturated heterocycles. The van der Waals surface area contributed by atoms with E-state index in [-0.39, 0.29) is 17.7 Å². The number of nitrogens with one attached hydrogen (secondary N) is 1. The van der Waals surface area contributed by atoms with Crippen LogP contribution in [-0.4, -0.2) is 36.3 Å². The number of rotatable bonds is 5. The van der Waals surface area contributed by atoms with Gasteiger partial charge in [-0.3, -0.25) is 9.59 Å². The summed E-state index contributed by atoms with van der Waals surface area (Å²) in [4.78, 5) is 25.3. The van der Waals surface area contributed by atoms with Crippen LogP contribution < -0.4 is 5.32 Å². The van der Waals surface area contributed by atoms with E-state index in [4.69, 9.17) is 0 Å². The number of benzene rings is 1. The van der Waals surface area contributed by atoms with E-state index in [2.05, 4.69) is 43.4 Å². The molecular formula is C19H28N2O2. The molecule has 1 aromatic carbocycles. The number of hydrogen-bond donors (Lipinski definition) is 1. The molecule has 0 aliphatic carbocycles. The second-order valence-corrected chi connectivity index (χ2v) is 6.72. The van der Waals surface area contributed by atoms with Crippen LogP contribution in [0.1, 0.15) is 50.7 Å². The summed E-state index contributed by atoms with van der Waals surface area (Å²) in [7, 11) is 0. The zero-order valence-electron chi connectivity index (χ0n) is 14.5. The van der Waals surface area contributed by atoms with Crippen molar-refractivity contribution in [1.82, 2.24) is 10.2 Å². The second-order valence-electron chi connectivity index (χ2n) is 6.72. The quantitative estimate of drug-likeness (QED) is 0.908. The molecule has 1 aliphatic rings. The van der Waals surface area contributed by atoms with Crippen LogP contribution in [0, 0.1) is 5.92 Å². The van der Waals surface area contributed by atoms with E-state index in [9.17, 15) is 9.59 Å². The van der Waals surface area contributed by atoms with Gasteiger partial charge in [0.1, 0.15) is 0 Å². The van der Waals surface area contributed by atoms with Crippen molar-refractivity contribution in [3.63, 3.8) is 0 Å². The molecule has 0 bridgehead atoms. The summed E-state index contributed by atoms with van der Waals surface area (Å²) < 4.78 is 0. The van der Waals surface area contributed by atoms with E-state index >= 15 is 0 Å². The lowest BCUT2D eigenvalue weighted by Gasteiger charge is -2.30. The molecule has 0 atom stereocenters. The first-order chi connectivity index (χ1) is 11.0. The Morgan fingerprint density at radius 2 is 1.78 bits per heavy atom. The van der Waals surface area contributed by atoms with E-state index in [0.29, 0.717) is 25.6 Å². The van der Waals surface area contributed by atoms with Gasteiger partial charge in [0.05, 0.1) is 0 Å². The summed E-state index contributed by atoms with van der Waals surface area (Å²) in [6.45, 7) is 8.03. The predicted octanol–water partition coefficient (Wildman–Crippen LogP) is 2.73. The maximum atomic E-state index is 12.2. The second kappa shape index (κ2) is 8.14. The third kappa shape index (κ3) is 5.08. The summed E-state index contributed by atoms with van der Waals surface area (Å²) in [5, 5.41) is 3.04. The fourth-order valence-corrected chi connectivity index (χ4v) is 3.00. The van der Waals surface area contributed by atoms with Gasteiger partial charge in [0.15, 0.2) is 0 Å². The van der Waals surface area contributed by atoms with E-state index in [1.165, 1.54) is 11.1 Å². The molecule has 4 nitrogen and oxygen atoms in total. The molecule has 23 heavy (non-hydrogen) atoms. The maximum absolute atomic E-state index is 12.2. The van der Waals surface area contributed by atoms with Crippen LogP contribution in [0.2, 0.25) is 0 Å². The third-order valence-corrected chi connectivity index (χ3v) is 4.67. The van der Waals surface area contributed by atoms with Gasteiger partial charge in [0.2, 0.25) is 11.8 Å². The van der Waals surface area contributed by atoms with Crippen LogP contribution >= 0.6 is 0 Å². The Morgan fingerprint density at radius 1 is 1.17 bits per heavy atom. The van der Waals surface area contributed by atoms with Crippen LogP contribution in [0.3, 0.4) is 0 Å². The smallest absolute Gasteiger partial charge is 0.223 e. The van der Waals surface area contributed by atoms with Crippen molar-refractivity contribution in [1.29, 1.82) is 0 Å². The minimum Gasteiger partial charge on any atom is -0.356 e. The van der Waals surface area contributed by atoms with E-state index in [1.807, 2.05) is 4.90 Å². The van der Waals surface area contributed by atoms with Gasteiger partial charge in [-0.1, -0.05) is 38.1 Å². The topological polar surface area (TPSA) is 49.4 Å². The summed E-state index contributed by atoms with van der Waals surface area (Å²) in [5.74, 6) is 0.833. The Labute approximate surface area is 139 Å². The summed E-state index contributed by atoms with van der Waals surface area (Å²) in [5.41, 5.74) is 2.59. The minimum atomic E-state index is 0.0499. The van der Waals surface area contributed by atoms with Crippen LogP contribution in [0.25, 0.3) is 0 Å². The molecule has 1 N–H and O–H groups in total. The molecule has 4 heteroatoms. The van der Waals surface area contributed by atoms with Crippen molar-refractivity contribution in [3.8, 4) is 0 Å². The molecule has 1 aliphatic heterocycles. The highest BCUT2D eigenvalue weighted by Gasteiger charge is 2.25. The standard InChI is InChI=1S/C19H28N2O2/c1-14(2)17-6-4-16(5-7-17)8-11-20-19(23)18-9-12-21(13-10-18)15(3)22/h4-7,14,18H,8-13H2,1-3H3,(H,20,23). The molecule has 1 aromatic rings. The molecule has 0 spiro atoms. The normalized spacial score (nSPS) is 15.7. The van der Waals surface area contributed by atoms with E-state index in [0.717, 1.165) is 19.3 Å². The van der Waals surface area contributed by atoms with Gasteiger partial charge in [-0.05, 0) is 36.3 Å².